The minimum atomic E-state index is -1.94. The van der Waals surface area contributed by atoms with Gasteiger partial charge in [-0.25, -0.2) is 4.39 Å². The van der Waals surface area contributed by atoms with Crippen LogP contribution in [0, 0.1) is 0 Å². The molecule has 0 radical (unpaired) electrons. The van der Waals surface area contributed by atoms with Gasteiger partial charge in [0.1, 0.15) is 5.54 Å². The maximum absolute atomic E-state index is 12.9. The van der Waals surface area contributed by atoms with Crippen LogP contribution >= 0.6 is 0 Å². The van der Waals surface area contributed by atoms with E-state index in [4.69, 9.17) is 15.9 Å². The van der Waals surface area contributed by atoms with E-state index < -0.39 is 24.3 Å². The molecule has 0 aromatic carbocycles. The third-order valence-electron chi connectivity index (χ3n) is 1.78. The monoisotopic (exact) mass is 179 g/mol. The second kappa shape index (κ2) is 4.37. The average Bonchev–Trinajstić information content (AvgIpc) is 2.03. The summed E-state index contributed by atoms with van der Waals surface area (Å²) in [6.07, 6.45) is -1.43. The Morgan fingerprint density at radius 1 is 1.75 bits per heavy atom. The minimum Gasteiger partial charge on any atom is -0.480 e. The van der Waals surface area contributed by atoms with Crippen molar-refractivity contribution in [1.29, 1.82) is 0 Å². The second-order valence-electron chi connectivity index (χ2n) is 2.75. The average molecular weight is 179 g/mol. The summed E-state index contributed by atoms with van der Waals surface area (Å²) in [6.45, 7) is 0.845. The lowest BCUT2D eigenvalue weighted by atomic mass is 9.90. The number of alkyl halides is 1. The zero-order valence-corrected chi connectivity index (χ0v) is 6.96. The molecule has 0 aliphatic rings. The van der Waals surface area contributed by atoms with Crippen molar-refractivity contribution in [3.05, 3.63) is 0 Å². The van der Waals surface area contributed by atoms with Crippen molar-refractivity contribution in [2.75, 3.05) is 6.61 Å². The number of halogens is 1. The van der Waals surface area contributed by atoms with Crippen molar-refractivity contribution in [3.63, 3.8) is 0 Å². The Bertz CT molecular complexity index is 165. The van der Waals surface area contributed by atoms with Gasteiger partial charge in [-0.3, -0.25) is 4.79 Å². The Hall–Kier alpha value is -0.680. The lowest BCUT2D eigenvalue weighted by molar-refractivity contribution is -0.147. The van der Waals surface area contributed by atoms with Crippen molar-refractivity contribution in [3.8, 4) is 0 Å². The van der Waals surface area contributed by atoms with Crippen LogP contribution in [-0.2, 0) is 4.79 Å². The molecule has 0 saturated carbocycles. The minimum absolute atomic E-state index is 0.0179. The number of carbonyl (C=O) groups is 1. The van der Waals surface area contributed by atoms with E-state index >= 15 is 0 Å². The maximum Gasteiger partial charge on any atom is 0.326 e. The summed E-state index contributed by atoms with van der Waals surface area (Å²) in [7, 11) is 0. The second-order valence-corrected chi connectivity index (χ2v) is 2.75. The Morgan fingerprint density at radius 2 is 2.25 bits per heavy atom. The van der Waals surface area contributed by atoms with E-state index in [1.165, 1.54) is 0 Å². The molecule has 5 heteroatoms. The fourth-order valence-corrected chi connectivity index (χ4v) is 0.974. The fraction of sp³-hybridized carbons (Fsp3) is 0.857. The number of nitrogens with two attached hydrogens (primary N) is 1. The molecule has 4 nitrogen and oxygen atoms in total. The molecule has 2 unspecified atom stereocenters. The highest BCUT2D eigenvalue weighted by Gasteiger charge is 2.41. The molecule has 4 N–H and O–H groups in total. The standard InChI is InChI=1S/C7H14FNO3/c1-2-3-7(9,6(11)12)5(8)4-10/h5,10H,2-4,9H2,1H3,(H,11,12). The van der Waals surface area contributed by atoms with Crippen molar-refractivity contribution < 1.29 is 19.4 Å². The van der Waals surface area contributed by atoms with Crippen LogP contribution in [-0.4, -0.2) is 34.5 Å². The number of aliphatic hydroxyl groups is 1. The zero-order chi connectivity index (χ0) is 9.78. The predicted molar refractivity (Wildman–Crippen MR) is 41.4 cm³/mol. The number of hydrogen-bond donors (Lipinski definition) is 3. The lowest BCUT2D eigenvalue weighted by Crippen LogP contribution is -2.56. The summed E-state index contributed by atoms with van der Waals surface area (Å²) < 4.78 is 12.9. The smallest absolute Gasteiger partial charge is 0.326 e. The van der Waals surface area contributed by atoms with Gasteiger partial charge in [0.05, 0.1) is 6.61 Å². The van der Waals surface area contributed by atoms with Crippen molar-refractivity contribution in [1.82, 2.24) is 0 Å². The van der Waals surface area contributed by atoms with Crippen LogP contribution in [0.5, 0.6) is 0 Å². The molecular weight excluding hydrogens is 165 g/mol. The van der Waals surface area contributed by atoms with Gasteiger partial charge in [0.2, 0.25) is 0 Å². The van der Waals surface area contributed by atoms with Crippen LogP contribution < -0.4 is 5.73 Å². The van der Waals surface area contributed by atoms with Gasteiger partial charge in [-0.15, -0.1) is 0 Å². The van der Waals surface area contributed by atoms with Gasteiger partial charge in [0.15, 0.2) is 6.17 Å². The Morgan fingerprint density at radius 3 is 2.50 bits per heavy atom. The quantitative estimate of drug-likeness (QED) is 0.550. The molecule has 0 aromatic rings. The van der Waals surface area contributed by atoms with E-state index in [-0.39, 0.29) is 6.42 Å². The van der Waals surface area contributed by atoms with Gasteiger partial charge in [-0.05, 0) is 6.42 Å². The largest absolute Gasteiger partial charge is 0.480 e. The Balaban J connectivity index is 4.48. The van der Waals surface area contributed by atoms with Gasteiger partial charge in [-0.1, -0.05) is 13.3 Å². The number of carboxylic acid groups (broad SMARTS) is 1. The number of aliphatic carboxylic acids is 1. The van der Waals surface area contributed by atoms with Gasteiger partial charge in [-0.2, -0.15) is 0 Å². The Labute approximate surface area is 70.2 Å². The van der Waals surface area contributed by atoms with Crippen molar-refractivity contribution in [2.45, 2.75) is 31.5 Å². The van der Waals surface area contributed by atoms with Crippen LogP contribution in [0.3, 0.4) is 0 Å². The lowest BCUT2D eigenvalue weighted by Gasteiger charge is -2.26. The number of aliphatic hydroxyl groups excluding tert-OH is 1. The first-order valence-corrected chi connectivity index (χ1v) is 3.76. The van der Waals surface area contributed by atoms with Gasteiger partial charge >= 0.3 is 5.97 Å². The topological polar surface area (TPSA) is 83.6 Å². The molecule has 12 heavy (non-hydrogen) atoms. The summed E-state index contributed by atoms with van der Waals surface area (Å²) in [5, 5.41) is 17.0. The van der Waals surface area contributed by atoms with Gasteiger partial charge in [0.25, 0.3) is 0 Å². The molecule has 0 bridgehead atoms. The van der Waals surface area contributed by atoms with Crippen molar-refractivity contribution >= 4 is 5.97 Å². The number of carboxylic acids is 1. The number of rotatable bonds is 5. The molecule has 0 aromatic heterocycles. The fourth-order valence-electron chi connectivity index (χ4n) is 0.974. The molecule has 0 spiro atoms. The molecule has 2 atom stereocenters. The molecule has 72 valence electrons. The molecule has 0 aliphatic carbocycles. The Kier molecular flexibility index (Phi) is 4.12. The first-order chi connectivity index (χ1) is 5.49. The van der Waals surface area contributed by atoms with Crippen LogP contribution in [0.15, 0.2) is 0 Å². The van der Waals surface area contributed by atoms with E-state index in [9.17, 15) is 9.18 Å². The van der Waals surface area contributed by atoms with E-state index in [1.54, 1.807) is 6.92 Å². The summed E-state index contributed by atoms with van der Waals surface area (Å²) in [4.78, 5) is 10.5. The van der Waals surface area contributed by atoms with E-state index in [0.29, 0.717) is 6.42 Å². The maximum atomic E-state index is 12.9. The molecule has 0 heterocycles. The highest BCUT2D eigenvalue weighted by Crippen LogP contribution is 2.17. The van der Waals surface area contributed by atoms with Gasteiger partial charge < -0.3 is 15.9 Å². The van der Waals surface area contributed by atoms with Crippen LogP contribution in [0.2, 0.25) is 0 Å². The molecular formula is C7H14FNO3. The van der Waals surface area contributed by atoms with Gasteiger partial charge in [0, 0.05) is 0 Å². The van der Waals surface area contributed by atoms with E-state index in [0.717, 1.165) is 0 Å². The predicted octanol–water partition coefficient (Wildman–Crippen LogP) is -0.101. The van der Waals surface area contributed by atoms with Crippen LogP contribution in [0.1, 0.15) is 19.8 Å². The highest BCUT2D eigenvalue weighted by molar-refractivity contribution is 5.79. The summed E-state index contributed by atoms with van der Waals surface area (Å²) in [6, 6.07) is 0. The molecule has 0 aliphatic heterocycles. The molecule has 0 rings (SSSR count). The molecule has 0 fully saturated rings. The summed E-state index contributed by atoms with van der Waals surface area (Å²) >= 11 is 0. The van der Waals surface area contributed by atoms with Crippen LogP contribution in [0.25, 0.3) is 0 Å². The summed E-state index contributed by atoms with van der Waals surface area (Å²) in [5.41, 5.74) is 3.33. The normalized spacial score (nSPS) is 18.3. The molecule has 0 saturated heterocycles. The van der Waals surface area contributed by atoms with Crippen molar-refractivity contribution in [2.24, 2.45) is 5.73 Å². The third kappa shape index (κ3) is 2.15. The first-order valence-electron chi connectivity index (χ1n) is 3.76. The molecule has 0 amide bonds. The zero-order valence-electron chi connectivity index (χ0n) is 6.96. The first kappa shape index (κ1) is 11.3. The SMILES string of the molecule is CCCC(N)(C(=O)O)C(F)CO. The third-order valence-corrected chi connectivity index (χ3v) is 1.78. The number of hydrogen-bond acceptors (Lipinski definition) is 3. The van der Waals surface area contributed by atoms with Crippen LogP contribution in [0.4, 0.5) is 4.39 Å². The summed E-state index contributed by atoms with van der Waals surface area (Å²) in [5.74, 6) is -1.41. The van der Waals surface area contributed by atoms with E-state index in [2.05, 4.69) is 0 Å². The van der Waals surface area contributed by atoms with E-state index in [1.807, 2.05) is 0 Å². The highest BCUT2D eigenvalue weighted by atomic mass is 19.1.